The smallest absolute Gasteiger partial charge is 0.259 e. The molecule has 0 radical (unpaired) electrons. The van der Waals surface area contributed by atoms with Gasteiger partial charge in [0.2, 0.25) is 0 Å². The van der Waals surface area contributed by atoms with E-state index in [1.54, 1.807) is 12.1 Å². The van der Waals surface area contributed by atoms with Crippen LogP contribution in [-0.4, -0.2) is 25.0 Å². The van der Waals surface area contributed by atoms with Crippen LogP contribution in [0.1, 0.15) is 36.8 Å². The minimum atomic E-state index is -0.135. The number of rotatable bonds is 3. The Balaban J connectivity index is 1.62. The zero-order valence-electron chi connectivity index (χ0n) is 11.5. The maximum Gasteiger partial charge on any atom is 0.259 e. The third-order valence-corrected chi connectivity index (χ3v) is 5.31. The van der Waals surface area contributed by atoms with Crippen LogP contribution in [0, 0.1) is 0 Å². The summed E-state index contributed by atoms with van der Waals surface area (Å²) >= 11 is 4.81. The van der Waals surface area contributed by atoms with E-state index in [9.17, 15) is 4.79 Å². The molecule has 0 unspecified atom stereocenters. The molecule has 0 atom stereocenters. The van der Waals surface area contributed by atoms with E-state index in [0.29, 0.717) is 22.1 Å². The Hall–Kier alpha value is -1.80. The van der Waals surface area contributed by atoms with Crippen molar-refractivity contribution in [1.29, 1.82) is 0 Å². The second kappa shape index (κ2) is 5.44. The number of fused-ring (bicyclic) bond motifs is 1. The van der Waals surface area contributed by atoms with E-state index >= 15 is 0 Å². The van der Waals surface area contributed by atoms with Gasteiger partial charge in [-0.1, -0.05) is 5.21 Å². The molecule has 1 fully saturated rings. The highest BCUT2D eigenvalue weighted by Gasteiger charge is 2.20. The van der Waals surface area contributed by atoms with E-state index < -0.39 is 0 Å². The number of hydrogen-bond acceptors (Lipinski definition) is 5. The van der Waals surface area contributed by atoms with Crippen LogP contribution < -0.4 is 5.56 Å². The van der Waals surface area contributed by atoms with Crippen LogP contribution in [0.5, 0.6) is 0 Å². The SMILES string of the molecule is O=c1[nH]c(C=Cc2cn(C3CCC3)nn2)nc2sc(Br)cc12. The molecule has 0 spiro atoms. The van der Waals surface area contributed by atoms with Crippen molar-refractivity contribution in [1.82, 2.24) is 25.0 Å². The second-order valence-corrected chi connectivity index (χ2v) is 7.67. The van der Waals surface area contributed by atoms with Gasteiger partial charge in [0.25, 0.3) is 5.56 Å². The lowest BCUT2D eigenvalue weighted by atomic mass is 9.93. The van der Waals surface area contributed by atoms with Crippen molar-refractivity contribution in [2.75, 3.05) is 0 Å². The normalized spacial score (nSPS) is 15.7. The highest BCUT2D eigenvalue weighted by atomic mass is 79.9. The molecule has 1 aliphatic carbocycles. The second-order valence-electron chi connectivity index (χ2n) is 5.26. The highest BCUT2D eigenvalue weighted by Crippen LogP contribution is 2.30. The van der Waals surface area contributed by atoms with Crippen LogP contribution >= 0.6 is 27.3 Å². The molecule has 0 amide bonds. The van der Waals surface area contributed by atoms with Crippen molar-refractivity contribution in [3.8, 4) is 0 Å². The number of hydrogen-bond donors (Lipinski definition) is 1. The molecule has 0 saturated heterocycles. The van der Waals surface area contributed by atoms with Crippen LogP contribution in [0.15, 0.2) is 20.8 Å². The van der Waals surface area contributed by atoms with Crippen LogP contribution in [0.3, 0.4) is 0 Å². The molecular formula is C14H12BrN5OS. The van der Waals surface area contributed by atoms with Crippen molar-refractivity contribution in [2.24, 2.45) is 0 Å². The monoisotopic (exact) mass is 377 g/mol. The lowest BCUT2D eigenvalue weighted by molar-refractivity contribution is 0.284. The molecule has 3 aromatic rings. The third kappa shape index (κ3) is 2.52. The highest BCUT2D eigenvalue weighted by molar-refractivity contribution is 9.11. The van der Waals surface area contributed by atoms with Crippen molar-refractivity contribution < 1.29 is 0 Å². The Morgan fingerprint density at radius 1 is 1.41 bits per heavy atom. The van der Waals surface area contributed by atoms with E-state index in [2.05, 4.69) is 36.2 Å². The zero-order chi connectivity index (χ0) is 15.1. The summed E-state index contributed by atoms with van der Waals surface area (Å²) in [5.74, 6) is 0.519. The van der Waals surface area contributed by atoms with Gasteiger partial charge in [-0.25, -0.2) is 9.67 Å². The summed E-state index contributed by atoms with van der Waals surface area (Å²) < 4.78 is 2.81. The van der Waals surface area contributed by atoms with Crippen LogP contribution in [0.4, 0.5) is 0 Å². The fourth-order valence-corrected chi connectivity index (χ4v) is 3.81. The fraction of sp³-hybridized carbons (Fsp3) is 0.286. The molecule has 0 bridgehead atoms. The summed E-state index contributed by atoms with van der Waals surface area (Å²) in [5.41, 5.74) is 0.631. The lowest BCUT2D eigenvalue weighted by Gasteiger charge is -2.24. The molecule has 22 heavy (non-hydrogen) atoms. The minimum Gasteiger partial charge on any atom is -0.306 e. The molecule has 1 N–H and O–H groups in total. The van der Waals surface area contributed by atoms with Crippen LogP contribution in [-0.2, 0) is 0 Å². The lowest BCUT2D eigenvalue weighted by Crippen LogP contribution is -2.17. The van der Waals surface area contributed by atoms with Gasteiger partial charge in [-0.2, -0.15) is 0 Å². The average molecular weight is 378 g/mol. The topological polar surface area (TPSA) is 76.5 Å². The standard InChI is InChI=1S/C14H12BrN5OS/c15-11-6-10-13(21)16-12(17-14(10)22-11)5-4-8-7-20(19-18-8)9-2-1-3-9/h4-7,9H,1-3H2,(H,16,17,21). The number of H-pyrrole nitrogens is 1. The van der Waals surface area contributed by atoms with Crippen molar-refractivity contribution in [3.05, 3.63) is 37.9 Å². The van der Waals surface area contributed by atoms with Crippen molar-refractivity contribution in [2.45, 2.75) is 25.3 Å². The molecule has 0 aliphatic heterocycles. The first-order valence-electron chi connectivity index (χ1n) is 6.98. The summed E-state index contributed by atoms with van der Waals surface area (Å²) in [4.78, 5) is 19.9. The Labute approximate surface area is 138 Å². The molecule has 112 valence electrons. The first kappa shape index (κ1) is 13.8. The van der Waals surface area contributed by atoms with E-state index in [1.165, 1.54) is 30.6 Å². The van der Waals surface area contributed by atoms with E-state index in [0.717, 1.165) is 9.48 Å². The van der Waals surface area contributed by atoms with Crippen molar-refractivity contribution >= 4 is 49.6 Å². The number of nitrogens with zero attached hydrogens (tertiary/aromatic N) is 4. The summed E-state index contributed by atoms with van der Waals surface area (Å²) in [6, 6.07) is 2.27. The molecule has 8 heteroatoms. The van der Waals surface area contributed by atoms with E-state index in [-0.39, 0.29) is 5.56 Å². The quantitative estimate of drug-likeness (QED) is 0.759. The summed E-state index contributed by atoms with van der Waals surface area (Å²) in [6.07, 6.45) is 9.10. The maximum atomic E-state index is 12.0. The summed E-state index contributed by atoms with van der Waals surface area (Å²) in [6.45, 7) is 0. The number of thiophene rings is 1. The van der Waals surface area contributed by atoms with Gasteiger partial charge < -0.3 is 4.98 Å². The predicted molar refractivity (Wildman–Crippen MR) is 89.8 cm³/mol. The van der Waals surface area contributed by atoms with Gasteiger partial charge in [-0.05, 0) is 53.4 Å². The molecule has 3 heterocycles. The first-order chi connectivity index (χ1) is 10.7. The van der Waals surface area contributed by atoms with Gasteiger partial charge in [-0.3, -0.25) is 4.79 Å². The van der Waals surface area contributed by atoms with Gasteiger partial charge in [-0.15, -0.1) is 16.4 Å². The average Bonchev–Trinajstić information content (AvgIpc) is 3.01. The minimum absolute atomic E-state index is 0.135. The molecule has 0 aromatic carbocycles. The van der Waals surface area contributed by atoms with Crippen LogP contribution in [0.2, 0.25) is 0 Å². The predicted octanol–water partition coefficient (Wildman–Crippen LogP) is 3.23. The Morgan fingerprint density at radius 2 is 2.27 bits per heavy atom. The van der Waals surface area contributed by atoms with Crippen LogP contribution in [0.25, 0.3) is 22.4 Å². The van der Waals surface area contributed by atoms with Gasteiger partial charge >= 0.3 is 0 Å². The van der Waals surface area contributed by atoms with E-state index in [4.69, 9.17) is 0 Å². The molecular weight excluding hydrogens is 366 g/mol. The Kier molecular flexibility index (Phi) is 3.42. The maximum absolute atomic E-state index is 12.0. The number of nitrogens with one attached hydrogen (secondary N) is 1. The summed E-state index contributed by atoms with van der Waals surface area (Å²) in [5, 5.41) is 8.87. The number of aromatic nitrogens is 5. The molecule has 1 aliphatic rings. The van der Waals surface area contributed by atoms with Gasteiger partial charge in [0, 0.05) is 0 Å². The molecule has 3 aromatic heterocycles. The zero-order valence-corrected chi connectivity index (χ0v) is 13.9. The van der Waals surface area contributed by atoms with Gasteiger partial charge in [0.05, 0.1) is 21.4 Å². The van der Waals surface area contributed by atoms with Gasteiger partial charge in [0.1, 0.15) is 16.3 Å². The molecule has 4 rings (SSSR count). The fourth-order valence-electron chi connectivity index (χ4n) is 2.36. The first-order valence-corrected chi connectivity index (χ1v) is 8.59. The number of halogens is 1. The Bertz CT molecular complexity index is 921. The third-order valence-electron chi connectivity index (χ3n) is 3.78. The number of aromatic amines is 1. The van der Waals surface area contributed by atoms with Crippen molar-refractivity contribution in [3.63, 3.8) is 0 Å². The molecule has 6 nitrogen and oxygen atoms in total. The van der Waals surface area contributed by atoms with E-state index in [1.807, 2.05) is 17.0 Å². The van der Waals surface area contributed by atoms with Gasteiger partial charge in [0.15, 0.2) is 0 Å². The largest absolute Gasteiger partial charge is 0.306 e. The summed E-state index contributed by atoms with van der Waals surface area (Å²) in [7, 11) is 0. The Morgan fingerprint density at radius 3 is 3.05 bits per heavy atom. The molecule has 1 saturated carbocycles.